The maximum atomic E-state index is 11.0. The van der Waals surface area contributed by atoms with Crippen LogP contribution in [0, 0.1) is 0 Å². The summed E-state index contributed by atoms with van der Waals surface area (Å²) in [7, 11) is 0. The number of amides is 1. The van der Waals surface area contributed by atoms with E-state index in [9.17, 15) is 4.79 Å². The van der Waals surface area contributed by atoms with Gasteiger partial charge in [0.05, 0.1) is 5.25 Å². The second kappa shape index (κ2) is 6.53. The Morgan fingerprint density at radius 1 is 1.42 bits per heavy atom. The van der Waals surface area contributed by atoms with Gasteiger partial charge in [0.25, 0.3) is 0 Å². The predicted octanol–water partition coefficient (Wildman–Crippen LogP) is 2.12. The smallest absolute Gasteiger partial charge is 0.230 e. The first kappa shape index (κ1) is 13.8. The summed E-state index contributed by atoms with van der Waals surface area (Å²) >= 11 is 2.74. The van der Waals surface area contributed by atoms with Crippen molar-refractivity contribution in [2.75, 3.05) is 5.32 Å². The summed E-state index contributed by atoms with van der Waals surface area (Å²) in [5.41, 5.74) is 6.38. The van der Waals surface area contributed by atoms with Crippen LogP contribution in [0.1, 0.15) is 12.5 Å². The van der Waals surface area contributed by atoms with Crippen molar-refractivity contribution >= 4 is 34.1 Å². The molecule has 7 heteroatoms. The summed E-state index contributed by atoms with van der Waals surface area (Å²) in [5, 5.41) is 11.7. The molecule has 0 fully saturated rings. The SMILES string of the molecule is C[C@H](Sc1nnc(NCc2ccccc2)s1)C(N)=O. The van der Waals surface area contributed by atoms with Crippen LogP contribution in [0.4, 0.5) is 5.13 Å². The fourth-order valence-electron chi connectivity index (χ4n) is 1.31. The lowest BCUT2D eigenvalue weighted by molar-refractivity contribution is -0.117. The van der Waals surface area contributed by atoms with Gasteiger partial charge in [0.2, 0.25) is 11.0 Å². The molecule has 2 aromatic rings. The van der Waals surface area contributed by atoms with Crippen molar-refractivity contribution in [3.05, 3.63) is 35.9 Å². The summed E-state index contributed by atoms with van der Waals surface area (Å²) in [6, 6.07) is 10.0. The highest BCUT2D eigenvalue weighted by Gasteiger charge is 2.13. The molecule has 0 spiro atoms. The molecular formula is C12H14N4OS2. The summed E-state index contributed by atoms with van der Waals surface area (Å²) in [6.45, 7) is 2.46. The van der Waals surface area contributed by atoms with Crippen LogP contribution in [-0.4, -0.2) is 21.4 Å². The number of aromatic nitrogens is 2. The predicted molar refractivity (Wildman–Crippen MR) is 78.2 cm³/mol. The second-order valence-corrected chi connectivity index (χ2v) is 6.44. The van der Waals surface area contributed by atoms with E-state index in [-0.39, 0.29) is 11.2 Å². The van der Waals surface area contributed by atoms with E-state index in [0.717, 1.165) is 9.47 Å². The molecule has 0 aliphatic rings. The summed E-state index contributed by atoms with van der Waals surface area (Å²) in [4.78, 5) is 11.0. The lowest BCUT2D eigenvalue weighted by atomic mass is 10.2. The molecule has 5 nitrogen and oxygen atoms in total. The minimum atomic E-state index is -0.348. The molecule has 1 atom stereocenters. The van der Waals surface area contributed by atoms with Crippen LogP contribution in [0.3, 0.4) is 0 Å². The van der Waals surface area contributed by atoms with Gasteiger partial charge in [-0.15, -0.1) is 10.2 Å². The number of thioether (sulfide) groups is 1. The molecule has 0 saturated heterocycles. The van der Waals surface area contributed by atoms with Gasteiger partial charge in [0.1, 0.15) is 0 Å². The van der Waals surface area contributed by atoms with Gasteiger partial charge < -0.3 is 11.1 Å². The zero-order valence-electron chi connectivity index (χ0n) is 10.4. The quantitative estimate of drug-likeness (QED) is 0.798. The molecule has 1 amide bonds. The van der Waals surface area contributed by atoms with Crippen LogP contribution in [0.25, 0.3) is 0 Å². The number of carbonyl (C=O) groups excluding carboxylic acids is 1. The lowest BCUT2D eigenvalue weighted by Crippen LogP contribution is -2.22. The van der Waals surface area contributed by atoms with E-state index in [1.165, 1.54) is 28.7 Å². The molecule has 1 aromatic carbocycles. The first-order chi connectivity index (χ1) is 9.15. The van der Waals surface area contributed by atoms with Gasteiger partial charge in [0, 0.05) is 6.54 Å². The van der Waals surface area contributed by atoms with Crippen LogP contribution < -0.4 is 11.1 Å². The fraction of sp³-hybridized carbons (Fsp3) is 0.250. The number of nitrogens with zero attached hydrogens (tertiary/aromatic N) is 2. The number of anilines is 1. The molecule has 100 valence electrons. The van der Waals surface area contributed by atoms with E-state index in [0.29, 0.717) is 6.54 Å². The van der Waals surface area contributed by atoms with Crippen LogP contribution in [-0.2, 0) is 11.3 Å². The van der Waals surface area contributed by atoms with Crippen molar-refractivity contribution in [1.29, 1.82) is 0 Å². The van der Waals surface area contributed by atoms with E-state index in [1.54, 1.807) is 6.92 Å². The van der Waals surface area contributed by atoms with Crippen molar-refractivity contribution in [3.63, 3.8) is 0 Å². The molecule has 1 heterocycles. The number of carbonyl (C=O) groups is 1. The minimum absolute atomic E-state index is 0.296. The standard InChI is InChI=1S/C12H14N4OS2/c1-8(10(13)17)18-12-16-15-11(19-12)14-7-9-5-3-2-4-6-9/h2-6,8H,7H2,1H3,(H2,13,17)(H,14,15)/t8-/m0/s1. The molecule has 0 aliphatic heterocycles. The number of rotatable bonds is 6. The van der Waals surface area contributed by atoms with Crippen molar-refractivity contribution in [1.82, 2.24) is 10.2 Å². The summed E-state index contributed by atoms with van der Waals surface area (Å²) in [5.74, 6) is -0.348. The summed E-state index contributed by atoms with van der Waals surface area (Å²) in [6.07, 6.45) is 0. The first-order valence-electron chi connectivity index (χ1n) is 5.72. The molecule has 19 heavy (non-hydrogen) atoms. The highest BCUT2D eigenvalue weighted by atomic mass is 32.2. The minimum Gasteiger partial charge on any atom is -0.369 e. The van der Waals surface area contributed by atoms with Crippen LogP contribution >= 0.6 is 23.1 Å². The molecule has 3 N–H and O–H groups in total. The third kappa shape index (κ3) is 4.22. The maximum absolute atomic E-state index is 11.0. The van der Waals surface area contributed by atoms with Crippen LogP contribution in [0.15, 0.2) is 34.7 Å². The molecular weight excluding hydrogens is 280 g/mol. The maximum Gasteiger partial charge on any atom is 0.230 e. The first-order valence-corrected chi connectivity index (χ1v) is 7.42. The van der Waals surface area contributed by atoms with Gasteiger partial charge in [-0.25, -0.2) is 0 Å². The highest BCUT2D eigenvalue weighted by Crippen LogP contribution is 2.28. The van der Waals surface area contributed by atoms with Crippen molar-refractivity contribution in [2.24, 2.45) is 5.73 Å². The molecule has 1 aromatic heterocycles. The van der Waals surface area contributed by atoms with E-state index < -0.39 is 0 Å². The van der Waals surface area contributed by atoms with Gasteiger partial charge in [-0.1, -0.05) is 53.4 Å². The second-order valence-electron chi connectivity index (χ2n) is 3.87. The molecule has 0 aliphatic carbocycles. The molecule has 0 bridgehead atoms. The zero-order chi connectivity index (χ0) is 13.7. The van der Waals surface area contributed by atoms with Gasteiger partial charge >= 0.3 is 0 Å². The molecule has 2 rings (SSSR count). The van der Waals surface area contributed by atoms with E-state index in [2.05, 4.69) is 15.5 Å². The van der Waals surface area contributed by atoms with Crippen LogP contribution in [0.5, 0.6) is 0 Å². The molecule has 0 unspecified atom stereocenters. The highest BCUT2D eigenvalue weighted by molar-refractivity contribution is 8.02. The Morgan fingerprint density at radius 3 is 2.84 bits per heavy atom. The average molecular weight is 294 g/mol. The largest absolute Gasteiger partial charge is 0.369 e. The van der Waals surface area contributed by atoms with Crippen molar-refractivity contribution in [3.8, 4) is 0 Å². The van der Waals surface area contributed by atoms with Gasteiger partial charge in [-0.05, 0) is 12.5 Å². The van der Waals surface area contributed by atoms with Crippen LogP contribution in [0.2, 0.25) is 0 Å². The zero-order valence-corrected chi connectivity index (χ0v) is 12.0. The van der Waals surface area contributed by atoms with E-state index in [4.69, 9.17) is 5.73 Å². The van der Waals surface area contributed by atoms with Gasteiger partial charge in [-0.2, -0.15) is 0 Å². The third-order valence-electron chi connectivity index (χ3n) is 2.37. The lowest BCUT2D eigenvalue weighted by Gasteiger charge is -2.02. The van der Waals surface area contributed by atoms with E-state index >= 15 is 0 Å². The van der Waals surface area contributed by atoms with Gasteiger partial charge in [0.15, 0.2) is 4.34 Å². The number of hydrogen-bond acceptors (Lipinski definition) is 6. The van der Waals surface area contributed by atoms with Gasteiger partial charge in [-0.3, -0.25) is 4.79 Å². The number of benzene rings is 1. The third-order valence-corrected chi connectivity index (χ3v) is 4.45. The Morgan fingerprint density at radius 2 is 2.16 bits per heavy atom. The Balaban J connectivity index is 1.89. The van der Waals surface area contributed by atoms with Crippen molar-refractivity contribution in [2.45, 2.75) is 23.1 Å². The number of nitrogens with two attached hydrogens (primary N) is 1. The topological polar surface area (TPSA) is 80.9 Å². The van der Waals surface area contributed by atoms with E-state index in [1.807, 2.05) is 30.3 Å². The fourth-order valence-corrected chi connectivity index (χ4v) is 3.15. The Labute approximate surface area is 119 Å². The number of hydrogen-bond donors (Lipinski definition) is 2. The molecule has 0 saturated carbocycles. The monoisotopic (exact) mass is 294 g/mol. The number of primary amides is 1. The number of nitrogens with one attached hydrogen (secondary N) is 1. The molecule has 0 radical (unpaired) electrons. The Hall–Kier alpha value is -1.60. The normalized spacial score (nSPS) is 12.1. The Kier molecular flexibility index (Phi) is 4.75. The average Bonchev–Trinajstić information content (AvgIpc) is 2.85. The van der Waals surface area contributed by atoms with Crippen molar-refractivity contribution < 1.29 is 4.79 Å². The summed E-state index contributed by atoms with van der Waals surface area (Å²) < 4.78 is 0.738. The Bertz CT molecular complexity index is 544.